The molecule has 3 N–H and O–H groups in total. The molecular formula is C25H24N2O3S2. The molecule has 1 aliphatic rings. The third kappa shape index (κ3) is 3.98. The van der Waals surface area contributed by atoms with Gasteiger partial charge in [0.15, 0.2) is 9.84 Å². The highest BCUT2D eigenvalue weighted by Crippen LogP contribution is 2.38. The highest BCUT2D eigenvalue weighted by molar-refractivity contribution is 7.91. The van der Waals surface area contributed by atoms with E-state index in [2.05, 4.69) is 17.1 Å². The average Bonchev–Trinajstić information content (AvgIpc) is 3.44. The summed E-state index contributed by atoms with van der Waals surface area (Å²) in [5.74, 6) is -0.0229. The first-order chi connectivity index (χ1) is 15.4. The van der Waals surface area contributed by atoms with Crippen molar-refractivity contribution in [1.82, 2.24) is 4.98 Å². The lowest BCUT2D eigenvalue weighted by atomic mass is 9.92. The summed E-state index contributed by atoms with van der Waals surface area (Å²) in [7, 11) is -3.15. The summed E-state index contributed by atoms with van der Waals surface area (Å²) in [4.78, 5) is 15.5. The summed E-state index contributed by atoms with van der Waals surface area (Å²) in [6, 6.07) is 17.5. The summed E-state index contributed by atoms with van der Waals surface area (Å²) in [6.07, 6.45) is 1.98. The highest BCUT2D eigenvalue weighted by Gasteiger charge is 2.35. The molecule has 0 spiro atoms. The number of carbonyl (C=O) groups excluding carboxylic acids is 1. The average molecular weight is 465 g/mol. The Labute approximate surface area is 191 Å². The summed E-state index contributed by atoms with van der Waals surface area (Å²) in [5, 5.41) is 4.54. The number of sulfone groups is 1. The zero-order valence-corrected chi connectivity index (χ0v) is 19.1. The van der Waals surface area contributed by atoms with E-state index < -0.39 is 21.0 Å². The van der Waals surface area contributed by atoms with Crippen LogP contribution in [-0.4, -0.2) is 25.1 Å². The van der Waals surface area contributed by atoms with Crippen LogP contribution in [0.15, 0.2) is 65.4 Å². The van der Waals surface area contributed by atoms with Crippen molar-refractivity contribution in [3.63, 3.8) is 0 Å². The van der Waals surface area contributed by atoms with Gasteiger partial charge in [0.05, 0.1) is 22.1 Å². The van der Waals surface area contributed by atoms with Crippen LogP contribution in [-0.2, 0) is 16.3 Å². The second-order valence-electron chi connectivity index (χ2n) is 8.52. The molecule has 2 atom stereocenters. The van der Waals surface area contributed by atoms with Gasteiger partial charge in [0, 0.05) is 11.1 Å². The third-order valence-corrected chi connectivity index (χ3v) is 9.20. The largest absolute Gasteiger partial charge is 0.366 e. The van der Waals surface area contributed by atoms with Crippen LogP contribution in [0, 0.1) is 5.92 Å². The molecule has 0 unspecified atom stereocenters. The van der Waals surface area contributed by atoms with Crippen LogP contribution in [0.4, 0.5) is 0 Å². The van der Waals surface area contributed by atoms with Gasteiger partial charge in [0.1, 0.15) is 0 Å². The van der Waals surface area contributed by atoms with Gasteiger partial charge in [0.2, 0.25) is 0 Å². The SMILES string of the molecule is NC(=O)c1cc(-c2ccsc2)cc2cc(C[C@@H]3CCS(=O)(=O)[C@H](c4ccccc4)C3)[nH]c12. The van der Waals surface area contributed by atoms with Crippen LogP contribution in [0.1, 0.15) is 39.7 Å². The van der Waals surface area contributed by atoms with Crippen molar-refractivity contribution >= 4 is 38.0 Å². The van der Waals surface area contributed by atoms with Crippen molar-refractivity contribution < 1.29 is 13.2 Å². The molecule has 1 amide bonds. The first-order valence-corrected chi connectivity index (χ1v) is 13.3. The molecule has 5 rings (SSSR count). The van der Waals surface area contributed by atoms with Crippen LogP contribution in [0.25, 0.3) is 22.0 Å². The molecule has 1 aliphatic heterocycles. The second-order valence-corrected chi connectivity index (χ2v) is 11.6. The Morgan fingerprint density at radius 2 is 1.91 bits per heavy atom. The summed E-state index contributed by atoms with van der Waals surface area (Å²) in [5.41, 5.74) is 10.8. The van der Waals surface area contributed by atoms with Crippen molar-refractivity contribution in [2.75, 3.05) is 5.75 Å². The van der Waals surface area contributed by atoms with Gasteiger partial charge in [-0.1, -0.05) is 30.3 Å². The number of thiophene rings is 1. The van der Waals surface area contributed by atoms with E-state index in [1.54, 1.807) is 11.3 Å². The lowest BCUT2D eigenvalue weighted by Gasteiger charge is -2.29. The maximum absolute atomic E-state index is 12.7. The smallest absolute Gasteiger partial charge is 0.250 e. The zero-order valence-electron chi connectivity index (χ0n) is 17.5. The van der Waals surface area contributed by atoms with Gasteiger partial charge in [0.25, 0.3) is 5.91 Å². The van der Waals surface area contributed by atoms with E-state index in [9.17, 15) is 13.2 Å². The van der Waals surface area contributed by atoms with E-state index in [1.807, 2.05) is 53.2 Å². The lowest BCUT2D eigenvalue weighted by molar-refractivity contribution is 0.100. The van der Waals surface area contributed by atoms with E-state index in [0.717, 1.165) is 39.7 Å². The van der Waals surface area contributed by atoms with E-state index in [-0.39, 0.29) is 11.7 Å². The monoisotopic (exact) mass is 464 g/mol. The van der Waals surface area contributed by atoms with Gasteiger partial charge in [-0.2, -0.15) is 11.3 Å². The number of benzene rings is 2. The third-order valence-electron chi connectivity index (χ3n) is 6.38. The first-order valence-electron chi connectivity index (χ1n) is 10.7. The quantitative estimate of drug-likeness (QED) is 0.430. The number of aromatic amines is 1. The van der Waals surface area contributed by atoms with Gasteiger partial charge >= 0.3 is 0 Å². The van der Waals surface area contributed by atoms with E-state index in [0.29, 0.717) is 18.4 Å². The number of nitrogens with two attached hydrogens (primary N) is 1. The summed E-state index contributed by atoms with van der Waals surface area (Å²) in [6.45, 7) is 0. The minimum absolute atomic E-state index is 0.201. The fourth-order valence-corrected chi connectivity index (χ4v) is 7.50. The van der Waals surface area contributed by atoms with E-state index in [1.165, 1.54) is 0 Å². The molecule has 164 valence electrons. The minimum Gasteiger partial charge on any atom is -0.366 e. The van der Waals surface area contributed by atoms with Crippen LogP contribution in [0.3, 0.4) is 0 Å². The molecule has 0 radical (unpaired) electrons. The van der Waals surface area contributed by atoms with Gasteiger partial charge < -0.3 is 10.7 Å². The Morgan fingerprint density at radius 3 is 2.62 bits per heavy atom. The summed E-state index contributed by atoms with van der Waals surface area (Å²) < 4.78 is 25.5. The lowest BCUT2D eigenvalue weighted by Crippen LogP contribution is -2.28. The zero-order chi connectivity index (χ0) is 22.3. The molecule has 7 heteroatoms. The van der Waals surface area contributed by atoms with E-state index >= 15 is 0 Å². The molecule has 2 aromatic heterocycles. The minimum atomic E-state index is -3.15. The molecular weight excluding hydrogens is 440 g/mol. The van der Waals surface area contributed by atoms with Crippen LogP contribution in [0.2, 0.25) is 0 Å². The molecule has 1 saturated heterocycles. The Hall–Kier alpha value is -2.90. The number of amides is 1. The van der Waals surface area contributed by atoms with Crippen molar-refractivity contribution in [1.29, 1.82) is 0 Å². The number of H-pyrrole nitrogens is 1. The number of hydrogen-bond acceptors (Lipinski definition) is 4. The Balaban J connectivity index is 1.45. The fraction of sp³-hybridized carbons (Fsp3) is 0.240. The maximum atomic E-state index is 12.7. The second kappa shape index (κ2) is 8.22. The molecule has 3 heterocycles. The van der Waals surface area contributed by atoms with Crippen LogP contribution < -0.4 is 5.73 Å². The molecule has 2 aromatic carbocycles. The number of rotatable bonds is 5. The highest BCUT2D eigenvalue weighted by atomic mass is 32.2. The van der Waals surface area contributed by atoms with Gasteiger partial charge in [-0.25, -0.2) is 8.42 Å². The van der Waals surface area contributed by atoms with Crippen LogP contribution >= 0.6 is 11.3 Å². The molecule has 32 heavy (non-hydrogen) atoms. The van der Waals surface area contributed by atoms with Crippen LogP contribution in [0.5, 0.6) is 0 Å². The Bertz CT molecular complexity index is 1370. The number of nitrogens with one attached hydrogen (secondary N) is 1. The molecule has 5 nitrogen and oxygen atoms in total. The predicted molar refractivity (Wildman–Crippen MR) is 130 cm³/mol. The Kier molecular flexibility index (Phi) is 5.39. The topological polar surface area (TPSA) is 93.0 Å². The number of carbonyl (C=O) groups is 1. The molecule has 0 saturated carbocycles. The number of primary amides is 1. The first kappa shape index (κ1) is 21.0. The predicted octanol–water partition coefficient (Wildman–Crippen LogP) is 5.10. The number of fused-ring (bicyclic) bond motifs is 1. The summed E-state index contributed by atoms with van der Waals surface area (Å²) >= 11 is 1.61. The maximum Gasteiger partial charge on any atom is 0.250 e. The molecule has 1 fully saturated rings. The normalized spacial score (nSPS) is 20.4. The van der Waals surface area contributed by atoms with Crippen molar-refractivity contribution in [3.05, 3.63) is 82.2 Å². The standard InChI is InChI=1S/C25H24N2O3S2/c26-25(28)22-14-19(18-6-8-31-15-18)12-20-13-21(27-24(20)22)10-16-7-9-32(29,30)23(11-16)17-4-2-1-3-5-17/h1-6,8,12-16,23,27H,7,9-11H2,(H2,26,28)/t16-,23-/m0/s1. The molecule has 0 aliphatic carbocycles. The van der Waals surface area contributed by atoms with Crippen molar-refractivity contribution in [2.45, 2.75) is 24.5 Å². The number of aromatic nitrogens is 1. The van der Waals surface area contributed by atoms with Gasteiger partial charge in [-0.15, -0.1) is 0 Å². The number of hydrogen-bond donors (Lipinski definition) is 2. The van der Waals surface area contributed by atoms with E-state index in [4.69, 9.17) is 5.73 Å². The van der Waals surface area contributed by atoms with Gasteiger partial charge in [-0.05, 0) is 76.9 Å². The van der Waals surface area contributed by atoms with Crippen molar-refractivity contribution in [3.8, 4) is 11.1 Å². The molecule has 4 aromatic rings. The molecule has 0 bridgehead atoms. The Morgan fingerprint density at radius 1 is 1.09 bits per heavy atom. The van der Waals surface area contributed by atoms with Gasteiger partial charge in [-0.3, -0.25) is 4.79 Å². The van der Waals surface area contributed by atoms with Crippen molar-refractivity contribution in [2.24, 2.45) is 11.7 Å². The fourth-order valence-electron chi connectivity index (χ4n) is 4.75.